The number of aromatic nitrogens is 2. The fourth-order valence-corrected chi connectivity index (χ4v) is 4.03. The van der Waals surface area contributed by atoms with Gasteiger partial charge in [0.25, 0.3) is 0 Å². The van der Waals surface area contributed by atoms with E-state index in [1.165, 1.54) is 7.11 Å². The molecule has 0 bridgehead atoms. The molecule has 0 saturated heterocycles. The minimum atomic E-state index is -0.928. The number of carboxylic acids is 1. The first-order valence-corrected chi connectivity index (χ1v) is 12.7. The van der Waals surface area contributed by atoms with Gasteiger partial charge in [-0.3, -0.25) is 9.48 Å². The van der Waals surface area contributed by atoms with Crippen molar-refractivity contribution in [2.45, 2.75) is 65.7 Å². The fraction of sp³-hybridized carbons (Fsp3) is 0.429. The molecule has 9 heteroatoms. The number of benzene rings is 2. The Morgan fingerprint density at radius 1 is 1.03 bits per heavy atom. The average Bonchev–Trinajstić information content (AvgIpc) is 3.18. The van der Waals surface area contributed by atoms with Gasteiger partial charge >= 0.3 is 5.97 Å². The maximum Gasteiger partial charge on any atom is 0.307 e. The van der Waals surface area contributed by atoms with Crippen molar-refractivity contribution in [3.8, 4) is 23.1 Å². The molecule has 0 aliphatic rings. The molecule has 0 aliphatic heterocycles. The minimum Gasteiger partial charge on any atom is -0.493 e. The van der Waals surface area contributed by atoms with Gasteiger partial charge in [0.1, 0.15) is 5.75 Å². The Morgan fingerprint density at radius 2 is 1.78 bits per heavy atom. The van der Waals surface area contributed by atoms with Crippen LogP contribution in [0.2, 0.25) is 5.02 Å². The molecule has 1 N–H and O–H groups in total. The molecule has 0 fully saturated rings. The van der Waals surface area contributed by atoms with Gasteiger partial charge in [0.2, 0.25) is 5.88 Å². The van der Waals surface area contributed by atoms with Crippen molar-refractivity contribution in [3.63, 3.8) is 0 Å². The first kappa shape index (κ1) is 28.2. The number of hydrogen-bond donors (Lipinski definition) is 1. The lowest BCUT2D eigenvalue weighted by Crippen LogP contribution is -2.12. The lowest BCUT2D eigenvalue weighted by Gasteiger charge is -2.16. The molecule has 8 nitrogen and oxygen atoms in total. The van der Waals surface area contributed by atoms with Gasteiger partial charge in [-0.1, -0.05) is 29.8 Å². The molecule has 0 saturated carbocycles. The summed E-state index contributed by atoms with van der Waals surface area (Å²) in [6, 6.07) is 12.8. The number of halogens is 1. The first-order valence-electron chi connectivity index (χ1n) is 12.3. The van der Waals surface area contributed by atoms with E-state index in [9.17, 15) is 9.90 Å². The highest BCUT2D eigenvalue weighted by atomic mass is 35.5. The van der Waals surface area contributed by atoms with Crippen molar-refractivity contribution in [2.24, 2.45) is 0 Å². The van der Waals surface area contributed by atoms with Gasteiger partial charge in [0, 0.05) is 27.9 Å². The SMILES string of the molecule is COc1cccc(CC(=O)O)c1OCCCc1cc(OC(C)C)nn1Cc1ccc(Cl)cc1OC(C)C. The molecule has 37 heavy (non-hydrogen) atoms. The zero-order chi connectivity index (χ0) is 26.9. The van der Waals surface area contributed by atoms with Crippen LogP contribution in [-0.4, -0.2) is 46.8 Å². The number of carboxylic acid groups (broad SMARTS) is 1. The van der Waals surface area contributed by atoms with Crippen molar-refractivity contribution in [1.82, 2.24) is 9.78 Å². The van der Waals surface area contributed by atoms with Gasteiger partial charge in [0.15, 0.2) is 11.5 Å². The van der Waals surface area contributed by atoms with E-state index in [4.69, 9.17) is 30.5 Å². The molecular formula is C28H35ClN2O6. The second-order valence-corrected chi connectivity index (χ2v) is 9.62. The molecule has 0 aliphatic carbocycles. The molecule has 0 spiro atoms. The molecular weight excluding hydrogens is 496 g/mol. The van der Waals surface area contributed by atoms with Crippen molar-refractivity contribution >= 4 is 17.6 Å². The lowest BCUT2D eigenvalue weighted by molar-refractivity contribution is -0.136. The molecule has 1 heterocycles. The summed E-state index contributed by atoms with van der Waals surface area (Å²) in [6.07, 6.45) is 1.20. The molecule has 0 atom stereocenters. The molecule has 0 amide bonds. The topological polar surface area (TPSA) is 92.0 Å². The van der Waals surface area contributed by atoms with Gasteiger partial charge in [0.05, 0.1) is 38.9 Å². The van der Waals surface area contributed by atoms with Crippen LogP contribution in [0.1, 0.15) is 50.9 Å². The Labute approximate surface area is 223 Å². The van der Waals surface area contributed by atoms with E-state index < -0.39 is 5.97 Å². The molecule has 0 radical (unpaired) electrons. The van der Waals surface area contributed by atoms with Gasteiger partial charge in [-0.2, -0.15) is 0 Å². The largest absolute Gasteiger partial charge is 0.493 e. The number of methoxy groups -OCH3 is 1. The fourth-order valence-electron chi connectivity index (χ4n) is 3.87. The summed E-state index contributed by atoms with van der Waals surface area (Å²) in [7, 11) is 1.54. The van der Waals surface area contributed by atoms with E-state index in [1.807, 2.05) is 56.6 Å². The molecule has 0 unspecified atom stereocenters. The second-order valence-electron chi connectivity index (χ2n) is 9.19. The number of carbonyl (C=O) groups is 1. The van der Waals surface area contributed by atoms with Crippen molar-refractivity contribution < 1.29 is 28.8 Å². The predicted octanol–water partition coefficient (Wildman–Crippen LogP) is 5.81. The van der Waals surface area contributed by atoms with E-state index in [-0.39, 0.29) is 18.6 Å². The Bertz CT molecular complexity index is 1190. The third-order valence-corrected chi connectivity index (χ3v) is 5.59. The van der Waals surface area contributed by atoms with Crippen LogP contribution < -0.4 is 18.9 Å². The van der Waals surface area contributed by atoms with Crippen LogP contribution in [0.5, 0.6) is 23.1 Å². The highest BCUT2D eigenvalue weighted by Crippen LogP contribution is 2.32. The summed E-state index contributed by atoms with van der Waals surface area (Å²) in [4.78, 5) is 11.3. The van der Waals surface area contributed by atoms with Crippen LogP contribution in [0.15, 0.2) is 42.5 Å². The van der Waals surface area contributed by atoms with Gasteiger partial charge < -0.3 is 24.1 Å². The quantitative estimate of drug-likeness (QED) is 0.263. The summed E-state index contributed by atoms with van der Waals surface area (Å²) in [6.45, 7) is 8.74. The molecule has 3 aromatic rings. The first-order chi connectivity index (χ1) is 17.7. The summed E-state index contributed by atoms with van der Waals surface area (Å²) >= 11 is 6.21. The monoisotopic (exact) mass is 530 g/mol. The van der Waals surface area contributed by atoms with Crippen molar-refractivity contribution in [2.75, 3.05) is 13.7 Å². The minimum absolute atomic E-state index is 0.00639. The van der Waals surface area contributed by atoms with E-state index in [0.717, 1.165) is 17.0 Å². The van der Waals surface area contributed by atoms with Crippen LogP contribution in [0, 0.1) is 0 Å². The normalized spacial score (nSPS) is 11.1. The van der Waals surface area contributed by atoms with E-state index >= 15 is 0 Å². The number of aliphatic carboxylic acids is 1. The highest BCUT2D eigenvalue weighted by Gasteiger charge is 2.16. The van der Waals surface area contributed by atoms with E-state index in [0.29, 0.717) is 54.0 Å². The van der Waals surface area contributed by atoms with E-state index in [2.05, 4.69) is 5.10 Å². The summed E-state index contributed by atoms with van der Waals surface area (Å²) in [5, 5.41) is 14.5. The Kier molecular flexibility index (Phi) is 10.1. The molecule has 1 aromatic heterocycles. The summed E-state index contributed by atoms with van der Waals surface area (Å²) in [5.41, 5.74) is 2.52. The number of para-hydroxylation sites is 1. The number of ether oxygens (including phenoxy) is 4. The molecule has 3 rings (SSSR count). The molecule has 200 valence electrons. The lowest BCUT2D eigenvalue weighted by atomic mass is 10.1. The highest BCUT2D eigenvalue weighted by molar-refractivity contribution is 6.30. The predicted molar refractivity (Wildman–Crippen MR) is 142 cm³/mol. The van der Waals surface area contributed by atoms with Crippen molar-refractivity contribution in [1.29, 1.82) is 0 Å². The van der Waals surface area contributed by atoms with Gasteiger partial charge in [-0.25, -0.2) is 0 Å². The van der Waals surface area contributed by atoms with Crippen LogP contribution >= 0.6 is 11.6 Å². The van der Waals surface area contributed by atoms with Crippen LogP contribution in [0.4, 0.5) is 0 Å². The Hall–Kier alpha value is -3.39. The number of aryl methyl sites for hydroxylation is 1. The second kappa shape index (κ2) is 13.2. The number of rotatable bonds is 14. The molecule has 2 aromatic carbocycles. The zero-order valence-corrected chi connectivity index (χ0v) is 22.7. The van der Waals surface area contributed by atoms with Crippen LogP contribution in [-0.2, 0) is 24.2 Å². The van der Waals surface area contributed by atoms with Gasteiger partial charge in [-0.05, 0) is 58.7 Å². The van der Waals surface area contributed by atoms with Crippen molar-refractivity contribution in [3.05, 3.63) is 64.3 Å². The van der Waals surface area contributed by atoms with E-state index in [1.54, 1.807) is 18.2 Å². The Balaban J connectivity index is 1.76. The third kappa shape index (κ3) is 8.32. The van der Waals surface area contributed by atoms with Crippen LogP contribution in [0.3, 0.4) is 0 Å². The van der Waals surface area contributed by atoms with Gasteiger partial charge in [-0.15, -0.1) is 5.10 Å². The standard InChI is InChI=1S/C28H35ClN2O6/c1-18(2)36-25-15-22(29)12-11-21(25)17-31-23(16-26(30-31)37-19(3)4)9-7-13-35-28-20(14-27(32)33)8-6-10-24(28)34-5/h6,8,10-12,15-16,18-19H,7,9,13-14,17H2,1-5H3,(H,32,33). The smallest absolute Gasteiger partial charge is 0.307 e. The zero-order valence-electron chi connectivity index (χ0n) is 22.0. The number of nitrogens with zero attached hydrogens (tertiary/aromatic N) is 2. The number of hydrogen-bond acceptors (Lipinski definition) is 6. The summed E-state index contributed by atoms with van der Waals surface area (Å²) < 4.78 is 25.1. The average molecular weight is 531 g/mol. The van der Waals surface area contributed by atoms with Crippen LogP contribution in [0.25, 0.3) is 0 Å². The third-order valence-electron chi connectivity index (χ3n) is 5.36. The Morgan fingerprint density at radius 3 is 2.46 bits per heavy atom. The maximum atomic E-state index is 11.3. The summed E-state index contributed by atoms with van der Waals surface area (Å²) in [5.74, 6) is 1.32. The maximum absolute atomic E-state index is 11.3.